The van der Waals surface area contributed by atoms with E-state index >= 15 is 0 Å². The summed E-state index contributed by atoms with van der Waals surface area (Å²) in [6, 6.07) is 58.0. The third-order valence-electron chi connectivity index (χ3n) is 10.8. The van der Waals surface area contributed by atoms with Gasteiger partial charge in [0.15, 0.2) is 0 Å². The Morgan fingerprint density at radius 3 is 2.09 bits per heavy atom. The van der Waals surface area contributed by atoms with Crippen LogP contribution in [-0.4, -0.2) is 9.55 Å². The van der Waals surface area contributed by atoms with Gasteiger partial charge in [-0.2, -0.15) is 12.1 Å². The first-order valence-corrected chi connectivity index (χ1v) is 19.1. The Morgan fingerprint density at radius 1 is 0.579 bits per heavy atom. The third kappa shape index (κ3) is 7.41. The molecule has 0 saturated carbocycles. The Bertz CT molecular complexity index is 2730. The molecular weight excluding hydrogens is 880 g/mol. The number of nitrogens with zero attached hydrogens (tertiary/aromatic N) is 4. The number of aromatic nitrogens is 2. The molecule has 0 amide bonds. The number of hydrogen-bond acceptors (Lipinski definition) is 4. The standard InChI is InChI=1S/C51H43N4O.Pt/c1-50(2,3)40-29-37(36-15-8-6-9-16-36)30-42(31-40)54-28-27-53(35-54)41-19-14-20-43(33-41)56-44-23-24-46-45-21-12-13-22-47(45)55(48(46)34-44)49-32-39(25-26-52-49)51(4,5)38-17-10-7-11-18-38;/h6-32,35H,1-5H3;/q-3;. The Kier molecular flexibility index (Phi) is 10.1. The van der Waals surface area contributed by atoms with Crippen molar-refractivity contribution in [2.75, 3.05) is 9.80 Å². The maximum atomic E-state index is 6.52. The van der Waals surface area contributed by atoms with Crippen LogP contribution in [0.25, 0.3) is 38.8 Å². The zero-order chi connectivity index (χ0) is 38.4. The molecule has 0 atom stereocenters. The first kappa shape index (κ1) is 38.0. The molecule has 8 aromatic rings. The van der Waals surface area contributed by atoms with Gasteiger partial charge in [0.05, 0.1) is 0 Å². The van der Waals surface area contributed by atoms with Crippen LogP contribution >= 0.6 is 0 Å². The van der Waals surface area contributed by atoms with Crippen molar-refractivity contribution >= 4 is 33.2 Å². The smallest absolute Gasteiger partial charge is 0.135 e. The van der Waals surface area contributed by atoms with E-state index in [1.54, 1.807) is 0 Å². The first-order valence-electron chi connectivity index (χ1n) is 19.1. The molecule has 0 bridgehead atoms. The minimum atomic E-state index is -0.211. The second kappa shape index (κ2) is 15.2. The minimum Gasteiger partial charge on any atom is -0.509 e. The zero-order valence-electron chi connectivity index (χ0n) is 32.7. The molecule has 286 valence electrons. The molecule has 0 saturated heterocycles. The molecule has 1 aliphatic rings. The quantitative estimate of drug-likeness (QED) is 0.142. The Morgan fingerprint density at radius 2 is 1.30 bits per heavy atom. The van der Waals surface area contributed by atoms with Crippen LogP contribution in [0.4, 0.5) is 11.4 Å². The Labute approximate surface area is 350 Å². The van der Waals surface area contributed by atoms with E-state index in [9.17, 15) is 0 Å². The van der Waals surface area contributed by atoms with Crippen molar-refractivity contribution in [2.24, 2.45) is 0 Å². The van der Waals surface area contributed by atoms with Crippen LogP contribution in [0.1, 0.15) is 51.3 Å². The number of benzene rings is 6. The number of fused-ring (bicyclic) bond motifs is 3. The topological polar surface area (TPSA) is 33.5 Å². The van der Waals surface area contributed by atoms with Crippen molar-refractivity contribution in [3.05, 3.63) is 200 Å². The molecule has 2 aromatic heterocycles. The summed E-state index contributed by atoms with van der Waals surface area (Å²) in [5, 5.41) is 2.22. The van der Waals surface area contributed by atoms with Gasteiger partial charge in [0.25, 0.3) is 0 Å². The third-order valence-corrected chi connectivity index (χ3v) is 10.8. The summed E-state index contributed by atoms with van der Waals surface area (Å²) in [5.74, 6) is 2.04. The van der Waals surface area contributed by atoms with Gasteiger partial charge in [0, 0.05) is 55.4 Å². The van der Waals surface area contributed by atoms with Crippen LogP contribution in [0.2, 0.25) is 0 Å². The average Bonchev–Trinajstić information content (AvgIpc) is 3.85. The van der Waals surface area contributed by atoms with Gasteiger partial charge in [-0.25, -0.2) is 4.98 Å². The molecule has 0 unspecified atom stereocenters. The summed E-state index contributed by atoms with van der Waals surface area (Å²) in [6.45, 7) is 13.4. The maximum Gasteiger partial charge on any atom is 0.135 e. The number of rotatable bonds is 8. The molecule has 0 fully saturated rings. The van der Waals surface area contributed by atoms with Crippen molar-refractivity contribution in [3.8, 4) is 28.4 Å². The van der Waals surface area contributed by atoms with Gasteiger partial charge in [-0.05, 0) is 81.4 Å². The molecule has 5 nitrogen and oxygen atoms in total. The summed E-state index contributed by atoms with van der Waals surface area (Å²) in [7, 11) is 0. The van der Waals surface area contributed by atoms with E-state index in [0.717, 1.165) is 39.0 Å². The van der Waals surface area contributed by atoms with E-state index in [-0.39, 0.29) is 31.9 Å². The minimum absolute atomic E-state index is 0. The van der Waals surface area contributed by atoms with Crippen LogP contribution in [0.15, 0.2) is 164 Å². The summed E-state index contributed by atoms with van der Waals surface area (Å²) >= 11 is 0. The molecular formula is C51H43N4OPt-3. The normalized spacial score (nSPS) is 13.0. The van der Waals surface area contributed by atoms with E-state index in [2.05, 4.69) is 202 Å². The van der Waals surface area contributed by atoms with Gasteiger partial charge in [0.2, 0.25) is 0 Å². The first-order chi connectivity index (χ1) is 27.1. The van der Waals surface area contributed by atoms with Crippen LogP contribution in [0.3, 0.4) is 0 Å². The molecule has 57 heavy (non-hydrogen) atoms. The monoisotopic (exact) mass is 922 g/mol. The van der Waals surface area contributed by atoms with E-state index in [0.29, 0.717) is 11.5 Å². The van der Waals surface area contributed by atoms with Gasteiger partial charge in [-0.15, -0.1) is 48.1 Å². The SMILES string of the molecule is CC(C)(C)c1cc(-c2ccccc2)cc(N2C=CN(c3[c-]c(Oc4[c-]c5c(cc4)c4ccccc4n5-c4cc(C(C)(C)c5ccccc5)ccn4)ccc3)[CH-]2)c1.[Pt]. The number of ether oxygens (including phenoxy) is 1. The predicted molar refractivity (Wildman–Crippen MR) is 230 cm³/mol. The van der Waals surface area contributed by atoms with E-state index in [1.807, 2.05) is 30.5 Å². The van der Waals surface area contributed by atoms with Gasteiger partial charge in [-0.3, -0.25) is 0 Å². The summed E-state index contributed by atoms with van der Waals surface area (Å²) in [5.41, 5.74) is 9.84. The van der Waals surface area contributed by atoms with Crippen molar-refractivity contribution in [1.82, 2.24) is 9.55 Å². The molecule has 0 spiro atoms. The zero-order valence-corrected chi connectivity index (χ0v) is 35.0. The molecule has 3 heterocycles. The number of anilines is 2. The van der Waals surface area contributed by atoms with Gasteiger partial charge in [0.1, 0.15) is 5.82 Å². The fraction of sp³-hybridized carbons (Fsp3) is 0.137. The van der Waals surface area contributed by atoms with Crippen molar-refractivity contribution in [2.45, 2.75) is 45.4 Å². The van der Waals surface area contributed by atoms with Crippen LogP contribution in [-0.2, 0) is 31.9 Å². The van der Waals surface area contributed by atoms with Crippen LogP contribution < -0.4 is 14.5 Å². The fourth-order valence-electron chi connectivity index (χ4n) is 7.53. The van der Waals surface area contributed by atoms with Crippen molar-refractivity contribution in [1.29, 1.82) is 0 Å². The second-order valence-corrected chi connectivity index (χ2v) is 15.9. The molecule has 6 aromatic carbocycles. The van der Waals surface area contributed by atoms with Gasteiger partial charge in [-0.1, -0.05) is 125 Å². The second-order valence-electron chi connectivity index (χ2n) is 15.9. The molecule has 0 aliphatic carbocycles. The fourth-order valence-corrected chi connectivity index (χ4v) is 7.53. The van der Waals surface area contributed by atoms with Crippen molar-refractivity contribution in [3.63, 3.8) is 0 Å². The number of hydrogen-bond donors (Lipinski definition) is 0. The molecule has 1 aliphatic heterocycles. The van der Waals surface area contributed by atoms with Crippen LogP contribution in [0.5, 0.6) is 11.5 Å². The van der Waals surface area contributed by atoms with Crippen LogP contribution in [0, 0.1) is 18.8 Å². The molecule has 0 radical (unpaired) electrons. The summed E-state index contributed by atoms with van der Waals surface area (Å²) in [4.78, 5) is 9.13. The number of para-hydroxylation sites is 1. The molecule has 9 rings (SSSR count). The largest absolute Gasteiger partial charge is 0.509 e. The Balaban J connectivity index is 0.00000455. The average molecular weight is 923 g/mol. The van der Waals surface area contributed by atoms with E-state index in [4.69, 9.17) is 9.72 Å². The summed E-state index contributed by atoms with van der Waals surface area (Å²) in [6.07, 6.45) is 6.05. The molecule has 0 N–H and O–H groups in total. The van der Waals surface area contributed by atoms with E-state index < -0.39 is 0 Å². The maximum absolute atomic E-state index is 6.52. The molecule has 6 heteroatoms. The van der Waals surface area contributed by atoms with Gasteiger partial charge >= 0.3 is 0 Å². The Hall–Kier alpha value is -5.90. The number of pyridine rings is 1. The van der Waals surface area contributed by atoms with E-state index in [1.165, 1.54) is 27.8 Å². The van der Waals surface area contributed by atoms with Crippen molar-refractivity contribution < 1.29 is 25.8 Å². The van der Waals surface area contributed by atoms with Gasteiger partial charge < -0.3 is 19.1 Å². The summed E-state index contributed by atoms with van der Waals surface area (Å²) < 4.78 is 8.71. The predicted octanol–water partition coefficient (Wildman–Crippen LogP) is 12.8.